The van der Waals surface area contributed by atoms with Gasteiger partial charge in [-0.05, 0) is 43.0 Å². The van der Waals surface area contributed by atoms with Gasteiger partial charge < -0.3 is 0 Å². The van der Waals surface area contributed by atoms with Gasteiger partial charge in [0.2, 0.25) is 10.0 Å². The van der Waals surface area contributed by atoms with Crippen LogP contribution < -0.4 is 4.72 Å². The lowest BCUT2D eigenvalue weighted by Crippen LogP contribution is -2.46. The van der Waals surface area contributed by atoms with Gasteiger partial charge in [0, 0.05) is 23.9 Å². The van der Waals surface area contributed by atoms with E-state index in [9.17, 15) is 8.42 Å². The van der Waals surface area contributed by atoms with Crippen LogP contribution in [0.2, 0.25) is 0 Å². The molecule has 1 fully saturated rings. The molecule has 1 N–H and O–H groups in total. The molecule has 4 nitrogen and oxygen atoms in total. The Balaban J connectivity index is 1.70. The number of hydrogen-bond acceptors (Lipinski definition) is 3. The number of rotatable bonds is 6. The first kappa shape index (κ1) is 16.1. The first-order chi connectivity index (χ1) is 11.0. The average molecular weight is 330 g/mol. The van der Waals surface area contributed by atoms with E-state index in [1.54, 1.807) is 6.20 Å². The van der Waals surface area contributed by atoms with Crippen molar-refractivity contribution >= 4 is 10.0 Å². The Labute approximate surface area is 138 Å². The van der Waals surface area contributed by atoms with Gasteiger partial charge in [-0.2, -0.15) is 0 Å². The summed E-state index contributed by atoms with van der Waals surface area (Å²) in [6.07, 6.45) is 4.86. The zero-order valence-electron chi connectivity index (χ0n) is 13.3. The molecule has 0 aliphatic heterocycles. The third-order valence-corrected chi connectivity index (χ3v) is 6.03. The molecule has 0 saturated heterocycles. The molecule has 0 bridgehead atoms. The number of nitrogens with one attached hydrogen (secondary N) is 1. The summed E-state index contributed by atoms with van der Waals surface area (Å²) < 4.78 is 27.7. The van der Waals surface area contributed by atoms with Gasteiger partial charge in [-0.3, -0.25) is 4.98 Å². The van der Waals surface area contributed by atoms with Crippen molar-refractivity contribution in [1.82, 2.24) is 9.71 Å². The fourth-order valence-electron chi connectivity index (χ4n) is 3.08. The van der Waals surface area contributed by atoms with Crippen LogP contribution >= 0.6 is 0 Å². The van der Waals surface area contributed by atoms with Crippen LogP contribution in [0.4, 0.5) is 0 Å². The van der Waals surface area contributed by atoms with E-state index in [4.69, 9.17) is 0 Å². The number of sulfonamides is 1. The number of aryl methyl sites for hydroxylation is 1. The number of aromatic nitrogens is 1. The van der Waals surface area contributed by atoms with Crippen LogP contribution in [-0.4, -0.2) is 19.9 Å². The van der Waals surface area contributed by atoms with Gasteiger partial charge in [0.05, 0.1) is 5.75 Å². The Bertz CT molecular complexity index is 769. The van der Waals surface area contributed by atoms with E-state index in [0.717, 1.165) is 36.1 Å². The van der Waals surface area contributed by atoms with E-state index in [0.29, 0.717) is 6.54 Å². The predicted octanol–water partition coefficient (Wildman–Crippen LogP) is 2.93. The number of nitrogens with zero attached hydrogens (tertiary/aromatic N) is 1. The Morgan fingerprint density at radius 3 is 2.48 bits per heavy atom. The molecule has 1 aromatic heterocycles. The Kier molecular flexibility index (Phi) is 4.50. The summed E-state index contributed by atoms with van der Waals surface area (Å²) in [5.74, 6) is 0.0258. The molecule has 0 amide bonds. The van der Waals surface area contributed by atoms with Crippen molar-refractivity contribution in [3.8, 4) is 0 Å². The van der Waals surface area contributed by atoms with Crippen molar-refractivity contribution < 1.29 is 8.42 Å². The summed E-state index contributed by atoms with van der Waals surface area (Å²) in [6, 6.07) is 13.4. The van der Waals surface area contributed by atoms with Gasteiger partial charge in [-0.25, -0.2) is 13.1 Å². The Morgan fingerprint density at radius 1 is 1.13 bits per heavy atom. The first-order valence-corrected chi connectivity index (χ1v) is 9.59. The van der Waals surface area contributed by atoms with Crippen molar-refractivity contribution in [2.45, 2.75) is 37.4 Å². The topological polar surface area (TPSA) is 59.1 Å². The van der Waals surface area contributed by atoms with E-state index in [1.807, 2.05) is 49.4 Å². The highest BCUT2D eigenvalue weighted by Crippen LogP contribution is 2.42. The van der Waals surface area contributed by atoms with Crippen LogP contribution in [0.3, 0.4) is 0 Å². The molecule has 0 radical (unpaired) electrons. The maximum atomic E-state index is 12.4. The molecule has 0 atom stereocenters. The van der Waals surface area contributed by atoms with E-state index >= 15 is 0 Å². The largest absolute Gasteiger partial charge is 0.261 e. The Morgan fingerprint density at radius 2 is 1.87 bits per heavy atom. The lowest BCUT2D eigenvalue weighted by Gasteiger charge is -2.41. The van der Waals surface area contributed by atoms with Gasteiger partial charge in [-0.15, -0.1) is 0 Å². The highest BCUT2D eigenvalue weighted by atomic mass is 32.2. The molecule has 0 spiro atoms. The second-order valence-electron chi connectivity index (χ2n) is 6.36. The van der Waals surface area contributed by atoms with Crippen LogP contribution in [0, 0.1) is 6.92 Å². The van der Waals surface area contributed by atoms with Crippen LogP contribution in [0.15, 0.2) is 48.7 Å². The zero-order chi connectivity index (χ0) is 16.3. The normalized spacial score (nSPS) is 16.7. The van der Waals surface area contributed by atoms with Crippen LogP contribution in [0.1, 0.15) is 36.1 Å². The molecular formula is C18H22N2O2S. The fourth-order valence-corrected chi connectivity index (χ4v) is 4.41. The SMILES string of the molecule is Cc1ccccc1CS(=O)(=O)NCC1(c2ccccn2)CCC1. The lowest BCUT2D eigenvalue weighted by atomic mass is 9.66. The second kappa shape index (κ2) is 6.42. The summed E-state index contributed by atoms with van der Waals surface area (Å²) in [5.41, 5.74) is 2.70. The minimum atomic E-state index is -3.35. The van der Waals surface area contributed by atoms with Crippen molar-refractivity contribution in [3.05, 3.63) is 65.5 Å². The molecule has 0 unspecified atom stereocenters. The van der Waals surface area contributed by atoms with Gasteiger partial charge >= 0.3 is 0 Å². The number of hydrogen-bond donors (Lipinski definition) is 1. The van der Waals surface area contributed by atoms with Crippen LogP contribution in [0.5, 0.6) is 0 Å². The third kappa shape index (κ3) is 3.62. The van der Waals surface area contributed by atoms with Gasteiger partial charge in [0.1, 0.15) is 0 Å². The van der Waals surface area contributed by atoms with Gasteiger partial charge in [0.15, 0.2) is 0 Å². The standard InChI is InChI=1S/C18H22N2O2S/c1-15-7-2-3-8-16(15)13-23(21,22)20-14-18(10-6-11-18)17-9-4-5-12-19-17/h2-5,7-9,12,20H,6,10-11,13-14H2,1H3. The molecule has 1 aliphatic rings. The summed E-state index contributed by atoms with van der Waals surface area (Å²) >= 11 is 0. The van der Waals surface area contributed by atoms with E-state index < -0.39 is 10.0 Å². The molecule has 1 aliphatic carbocycles. The van der Waals surface area contributed by atoms with E-state index in [-0.39, 0.29) is 11.2 Å². The third-order valence-electron chi connectivity index (χ3n) is 4.76. The zero-order valence-corrected chi connectivity index (χ0v) is 14.1. The summed E-state index contributed by atoms with van der Waals surface area (Å²) in [5, 5.41) is 0. The maximum Gasteiger partial charge on any atom is 0.215 e. The number of pyridine rings is 1. The summed E-state index contributed by atoms with van der Waals surface area (Å²) in [6.45, 7) is 2.37. The minimum absolute atomic E-state index is 0.0258. The molecule has 1 heterocycles. The monoisotopic (exact) mass is 330 g/mol. The Hall–Kier alpha value is -1.72. The molecule has 2 aromatic rings. The lowest BCUT2D eigenvalue weighted by molar-refractivity contribution is 0.238. The van der Waals surface area contributed by atoms with Crippen molar-refractivity contribution in [3.63, 3.8) is 0 Å². The molecule has 3 rings (SSSR count). The van der Waals surface area contributed by atoms with Gasteiger partial charge in [-0.1, -0.05) is 36.8 Å². The summed E-state index contributed by atoms with van der Waals surface area (Å²) in [4.78, 5) is 4.44. The van der Waals surface area contributed by atoms with Crippen molar-refractivity contribution in [2.24, 2.45) is 0 Å². The van der Waals surface area contributed by atoms with Crippen LogP contribution in [0.25, 0.3) is 0 Å². The molecule has 122 valence electrons. The van der Waals surface area contributed by atoms with Crippen molar-refractivity contribution in [2.75, 3.05) is 6.54 Å². The minimum Gasteiger partial charge on any atom is -0.261 e. The highest BCUT2D eigenvalue weighted by Gasteiger charge is 2.40. The highest BCUT2D eigenvalue weighted by molar-refractivity contribution is 7.88. The van der Waals surface area contributed by atoms with Crippen LogP contribution in [-0.2, 0) is 21.2 Å². The average Bonchev–Trinajstić information content (AvgIpc) is 2.49. The molecule has 1 saturated carbocycles. The number of benzene rings is 1. The molecule has 23 heavy (non-hydrogen) atoms. The van der Waals surface area contributed by atoms with E-state index in [1.165, 1.54) is 0 Å². The van der Waals surface area contributed by atoms with Crippen molar-refractivity contribution in [1.29, 1.82) is 0 Å². The molecular weight excluding hydrogens is 308 g/mol. The molecule has 1 aromatic carbocycles. The fraction of sp³-hybridized carbons (Fsp3) is 0.389. The first-order valence-electron chi connectivity index (χ1n) is 7.94. The maximum absolute atomic E-state index is 12.4. The predicted molar refractivity (Wildman–Crippen MR) is 91.6 cm³/mol. The smallest absolute Gasteiger partial charge is 0.215 e. The quantitative estimate of drug-likeness (QED) is 0.886. The summed E-state index contributed by atoms with van der Waals surface area (Å²) in [7, 11) is -3.35. The van der Waals surface area contributed by atoms with Gasteiger partial charge in [0.25, 0.3) is 0 Å². The second-order valence-corrected chi connectivity index (χ2v) is 8.16. The van der Waals surface area contributed by atoms with E-state index in [2.05, 4.69) is 9.71 Å². The molecule has 5 heteroatoms.